The molecule has 24 heavy (non-hydrogen) atoms. The number of nitrogens with one attached hydrogen (secondary N) is 2. The van der Waals surface area contributed by atoms with Crippen molar-refractivity contribution in [3.05, 3.63) is 47.8 Å². The molecule has 6 nitrogen and oxygen atoms in total. The number of rotatable bonds is 6. The summed E-state index contributed by atoms with van der Waals surface area (Å²) < 4.78 is 15.4. The summed E-state index contributed by atoms with van der Waals surface area (Å²) in [6, 6.07) is 6.70. The van der Waals surface area contributed by atoms with E-state index in [1.807, 2.05) is 17.6 Å². The van der Waals surface area contributed by atoms with E-state index in [1.165, 1.54) is 6.07 Å². The molecule has 0 amide bonds. The summed E-state index contributed by atoms with van der Waals surface area (Å²) >= 11 is 0. The van der Waals surface area contributed by atoms with E-state index in [2.05, 4.69) is 39.7 Å². The van der Waals surface area contributed by atoms with Crippen LogP contribution in [0.1, 0.15) is 32.2 Å². The van der Waals surface area contributed by atoms with Crippen molar-refractivity contribution in [3.63, 3.8) is 0 Å². The highest BCUT2D eigenvalue weighted by Crippen LogP contribution is 2.22. The maximum absolute atomic E-state index is 13.4. The SMILES string of the molecule is CCn1cnnc1CNC(=NC)NCC(C)(C)c1cccc(F)c1. The van der Waals surface area contributed by atoms with Crippen molar-refractivity contribution in [1.82, 2.24) is 25.4 Å². The van der Waals surface area contributed by atoms with Crippen molar-refractivity contribution < 1.29 is 4.39 Å². The van der Waals surface area contributed by atoms with Crippen molar-refractivity contribution in [2.45, 2.75) is 39.3 Å². The van der Waals surface area contributed by atoms with Crippen LogP contribution in [0.2, 0.25) is 0 Å². The van der Waals surface area contributed by atoms with Crippen LogP contribution >= 0.6 is 0 Å². The predicted molar refractivity (Wildman–Crippen MR) is 93.3 cm³/mol. The van der Waals surface area contributed by atoms with E-state index in [-0.39, 0.29) is 11.2 Å². The molecule has 130 valence electrons. The van der Waals surface area contributed by atoms with Gasteiger partial charge in [0.2, 0.25) is 0 Å². The van der Waals surface area contributed by atoms with E-state index in [0.717, 1.165) is 17.9 Å². The van der Waals surface area contributed by atoms with E-state index < -0.39 is 0 Å². The quantitative estimate of drug-likeness (QED) is 0.628. The van der Waals surface area contributed by atoms with Crippen molar-refractivity contribution >= 4 is 5.96 Å². The molecule has 0 unspecified atom stereocenters. The van der Waals surface area contributed by atoms with Gasteiger partial charge in [-0.05, 0) is 24.6 Å². The van der Waals surface area contributed by atoms with Gasteiger partial charge in [-0.1, -0.05) is 26.0 Å². The molecule has 0 fully saturated rings. The lowest BCUT2D eigenvalue weighted by atomic mass is 9.84. The lowest BCUT2D eigenvalue weighted by molar-refractivity contribution is 0.502. The third-order valence-electron chi connectivity index (χ3n) is 3.98. The Labute approximate surface area is 142 Å². The molecule has 1 aromatic heterocycles. The third-order valence-corrected chi connectivity index (χ3v) is 3.98. The van der Waals surface area contributed by atoms with Crippen LogP contribution in [-0.4, -0.2) is 34.3 Å². The van der Waals surface area contributed by atoms with Gasteiger partial charge in [-0.3, -0.25) is 4.99 Å². The number of hydrogen-bond acceptors (Lipinski definition) is 3. The fraction of sp³-hybridized carbons (Fsp3) is 0.471. The number of nitrogens with zero attached hydrogens (tertiary/aromatic N) is 4. The standard InChI is InChI=1S/C17H25FN6/c1-5-24-12-22-23-15(24)10-20-16(19-4)21-11-17(2,3)13-7-6-8-14(18)9-13/h6-9,12H,5,10-11H2,1-4H3,(H2,19,20,21). The Morgan fingerprint density at radius 1 is 1.33 bits per heavy atom. The molecule has 1 aromatic carbocycles. The minimum Gasteiger partial charge on any atom is -0.356 e. The minimum absolute atomic E-state index is 0.220. The lowest BCUT2D eigenvalue weighted by Crippen LogP contribution is -2.43. The topological polar surface area (TPSA) is 67.1 Å². The van der Waals surface area contributed by atoms with Crippen LogP contribution in [0, 0.1) is 5.82 Å². The van der Waals surface area contributed by atoms with Crippen LogP contribution in [0.25, 0.3) is 0 Å². The Bertz CT molecular complexity index is 692. The van der Waals surface area contributed by atoms with Gasteiger partial charge in [0.1, 0.15) is 12.1 Å². The maximum Gasteiger partial charge on any atom is 0.191 e. The molecule has 0 saturated carbocycles. The number of guanidine groups is 1. The molecule has 2 rings (SSSR count). The van der Waals surface area contributed by atoms with Crippen molar-refractivity contribution in [1.29, 1.82) is 0 Å². The second kappa shape index (κ2) is 7.90. The monoisotopic (exact) mass is 332 g/mol. The summed E-state index contributed by atoms with van der Waals surface area (Å²) in [6.45, 7) is 8.15. The van der Waals surface area contributed by atoms with Gasteiger partial charge in [0.25, 0.3) is 0 Å². The van der Waals surface area contributed by atoms with Gasteiger partial charge in [0.05, 0.1) is 6.54 Å². The molecule has 1 heterocycles. The molecule has 0 bridgehead atoms. The molecular weight excluding hydrogens is 307 g/mol. The number of hydrogen-bond donors (Lipinski definition) is 2. The highest BCUT2D eigenvalue weighted by Gasteiger charge is 2.21. The van der Waals surface area contributed by atoms with Gasteiger partial charge in [-0.25, -0.2) is 4.39 Å². The first-order valence-electron chi connectivity index (χ1n) is 8.03. The number of aliphatic imine (C=N–C) groups is 1. The summed E-state index contributed by atoms with van der Waals surface area (Å²) in [5.74, 6) is 1.30. The summed E-state index contributed by atoms with van der Waals surface area (Å²) in [4.78, 5) is 4.22. The van der Waals surface area contributed by atoms with E-state index in [4.69, 9.17) is 0 Å². The van der Waals surface area contributed by atoms with Gasteiger partial charge in [0.15, 0.2) is 11.8 Å². The van der Waals surface area contributed by atoms with Gasteiger partial charge < -0.3 is 15.2 Å². The number of halogens is 1. The zero-order chi connectivity index (χ0) is 17.6. The highest BCUT2D eigenvalue weighted by molar-refractivity contribution is 5.79. The first-order valence-corrected chi connectivity index (χ1v) is 8.03. The first-order chi connectivity index (χ1) is 11.5. The Morgan fingerprint density at radius 3 is 2.79 bits per heavy atom. The lowest BCUT2D eigenvalue weighted by Gasteiger charge is -2.26. The molecule has 0 aliphatic heterocycles. The smallest absolute Gasteiger partial charge is 0.191 e. The molecule has 0 aliphatic carbocycles. The zero-order valence-corrected chi connectivity index (χ0v) is 14.7. The predicted octanol–water partition coefficient (Wildman–Crippen LogP) is 2.08. The summed E-state index contributed by atoms with van der Waals surface area (Å²) in [5.41, 5.74) is 0.708. The molecule has 7 heteroatoms. The molecule has 0 spiro atoms. The Hall–Kier alpha value is -2.44. The fourth-order valence-corrected chi connectivity index (χ4v) is 2.38. The van der Waals surface area contributed by atoms with E-state index in [0.29, 0.717) is 19.0 Å². The fourth-order valence-electron chi connectivity index (χ4n) is 2.38. The summed E-state index contributed by atoms with van der Waals surface area (Å²) in [7, 11) is 1.72. The largest absolute Gasteiger partial charge is 0.356 e. The minimum atomic E-state index is -0.233. The Balaban J connectivity index is 1.93. The van der Waals surface area contributed by atoms with Crippen LogP contribution in [0.15, 0.2) is 35.6 Å². The highest BCUT2D eigenvalue weighted by atomic mass is 19.1. The van der Waals surface area contributed by atoms with Gasteiger partial charge in [0, 0.05) is 25.6 Å². The zero-order valence-electron chi connectivity index (χ0n) is 14.7. The molecule has 2 N–H and O–H groups in total. The van der Waals surface area contributed by atoms with E-state index in [1.54, 1.807) is 25.5 Å². The van der Waals surface area contributed by atoms with Gasteiger partial charge in [-0.2, -0.15) is 0 Å². The Kier molecular flexibility index (Phi) is 5.89. The molecule has 0 aliphatic rings. The molecule has 2 aromatic rings. The molecule has 0 saturated heterocycles. The number of benzene rings is 1. The number of aryl methyl sites for hydroxylation is 1. The Morgan fingerprint density at radius 2 is 2.12 bits per heavy atom. The summed E-state index contributed by atoms with van der Waals surface area (Å²) in [6.07, 6.45) is 1.71. The average Bonchev–Trinajstić information content (AvgIpc) is 3.02. The second-order valence-corrected chi connectivity index (χ2v) is 6.21. The first kappa shape index (κ1) is 17.9. The molecular formula is C17H25FN6. The average molecular weight is 332 g/mol. The van der Waals surface area contributed by atoms with Crippen molar-refractivity contribution in [2.24, 2.45) is 4.99 Å². The van der Waals surface area contributed by atoms with Crippen LogP contribution in [0.4, 0.5) is 4.39 Å². The van der Waals surface area contributed by atoms with Gasteiger partial charge >= 0.3 is 0 Å². The van der Waals surface area contributed by atoms with Crippen molar-refractivity contribution in [3.8, 4) is 0 Å². The summed E-state index contributed by atoms with van der Waals surface area (Å²) in [5, 5.41) is 14.5. The van der Waals surface area contributed by atoms with Crippen LogP contribution in [0.3, 0.4) is 0 Å². The second-order valence-electron chi connectivity index (χ2n) is 6.21. The molecule has 0 radical (unpaired) electrons. The maximum atomic E-state index is 13.4. The van der Waals surface area contributed by atoms with Crippen LogP contribution in [0.5, 0.6) is 0 Å². The van der Waals surface area contributed by atoms with Crippen LogP contribution < -0.4 is 10.6 Å². The van der Waals surface area contributed by atoms with Crippen LogP contribution in [-0.2, 0) is 18.5 Å². The van der Waals surface area contributed by atoms with E-state index in [9.17, 15) is 4.39 Å². The van der Waals surface area contributed by atoms with E-state index >= 15 is 0 Å². The molecule has 0 atom stereocenters. The van der Waals surface area contributed by atoms with Gasteiger partial charge in [-0.15, -0.1) is 10.2 Å². The normalized spacial score (nSPS) is 12.3. The van der Waals surface area contributed by atoms with Crippen molar-refractivity contribution in [2.75, 3.05) is 13.6 Å². The third kappa shape index (κ3) is 4.53. The number of aromatic nitrogens is 3.